The van der Waals surface area contributed by atoms with Crippen LogP contribution in [0.25, 0.3) is 0 Å². The predicted molar refractivity (Wildman–Crippen MR) is 84.0 cm³/mol. The van der Waals surface area contributed by atoms with Crippen molar-refractivity contribution in [2.75, 3.05) is 5.32 Å². The van der Waals surface area contributed by atoms with Gasteiger partial charge in [-0.2, -0.15) is 0 Å². The first-order chi connectivity index (χ1) is 9.11. The number of pyridine rings is 1. The highest BCUT2D eigenvalue weighted by Crippen LogP contribution is 2.24. The Morgan fingerprint density at radius 2 is 2.11 bits per heavy atom. The van der Waals surface area contributed by atoms with Crippen LogP contribution in [-0.4, -0.2) is 9.97 Å². The Balaban J connectivity index is 2.28. The zero-order valence-corrected chi connectivity index (χ0v) is 11.9. The van der Waals surface area contributed by atoms with Gasteiger partial charge in [-0.05, 0) is 36.6 Å². The summed E-state index contributed by atoms with van der Waals surface area (Å²) in [4.78, 5) is 4.70. The molecule has 2 rings (SSSR count). The van der Waals surface area contributed by atoms with E-state index in [9.17, 15) is 0 Å². The van der Waals surface area contributed by atoms with Crippen LogP contribution in [0, 0.1) is 6.92 Å². The third-order valence-corrected chi connectivity index (χ3v) is 3.28. The topological polar surface area (TPSA) is 50.9 Å². The first-order valence-corrected chi connectivity index (χ1v) is 6.64. The van der Waals surface area contributed by atoms with E-state index in [0.717, 1.165) is 23.5 Å². The van der Waals surface area contributed by atoms with Gasteiger partial charge < -0.3 is 11.1 Å². The van der Waals surface area contributed by atoms with Gasteiger partial charge in [-0.25, -0.2) is 4.98 Å². The van der Waals surface area contributed by atoms with Crippen molar-refractivity contribution in [1.29, 1.82) is 0 Å². The van der Waals surface area contributed by atoms with Crippen LogP contribution in [0.5, 0.6) is 0 Å². The van der Waals surface area contributed by atoms with Crippen molar-refractivity contribution >= 4 is 28.7 Å². The normalized spacial score (nSPS) is 10.2. The molecular formula is C15H17N3S. The van der Waals surface area contributed by atoms with Crippen LogP contribution in [0.15, 0.2) is 36.5 Å². The van der Waals surface area contributed by atoms with Crippen molar-refractivity contribution in [3.63, 3.8) is 0 Å². The molecule has 0 aliphatic rings. The lowest BCUT2D eigenvalue weighted by molar-refractivity contribution is 1.13. The number of nitrogens with one attached hydrogen (secondary N) is 1. The van der Waals surface area contributed by atoms with Crippen LogP contribution in [0.4, 0.5) is 11.5 Å². The predicted octanol–water partition coefficient (Wildman–Crippen LogP) is 3.33. The number of rotatable bonds is 4. The molecule has 0 bridgehead atoms. The molecule has 0 radical (unpaired) electrons. The molecule has 19 heavy (non-hydrogen) atoms. The van der Waals surface area contributed by atoms with Gasteiger partial charge in [-0.15, -0.1) is 0 Å². The minimum Gasteiger partial charge on any atom is -0.389 e. The molecule has 98 valence electrons. The molecule has 0 atom stereocenters. The molecule has 1 aromatic carbocycles. The minimum atomic E-state index is 0.365. The maximum atomic E-state index is 5.56. The SMILES string of the molecule is CCc1cccc(C)c1Nc1ccc(C(N)=S)cn1. The van der Waals surface area contributed by atoms with Crippen molar-refractivity contribution in [3.8, 4) is 0 Å². The summed E-state index contributed by atoms with van der Waals surface area (Å²) in [6.07, 6.45) is 2.67. The Kier molecular flexibility index (Phi) is 4.12. The van der Waals surface area contributed by atoms with E-state index < -0.39 is 0 Å². The van der Waals surface area contributed by atoms with Gasteiger partial charge in [-0.1, -0.05) is 37.3 Å². The molecule has 3 nitrogen and oxygen atoms in total. The van der Waals surface area contributed by atoms with E-state index in [-0.39, 0.29) is 0 Å². The second kappa shape index (κ2) is 5.80. The molecule has 2 aromatic rings. The average molecular weight is 271 g/mol. The van der Waals surface area contributed by atoms with Crippen LogP contribution < -0.4 is 11.1 Å². The van der Waals surface area contributed by atoms with Gasteiger partial charge in [-0.3, -0.25) is 0 Å². The largest absolute Gasteiger partial charge is 0.389 e. The summed E-state index contributed by atoms with van der Waals surface area (Å²) in [5.74, 6) is 0.795. The van der Waals surface area contributed by atoms with Gasteiger partial charge in [0.25, 0.3) is 0 Å². The standard InChI is InChI=1S/C15H17N3S/c1-3-11-6-4-5-10(2)14(11)18-13-8-7-12(9-17-13)15(16)19/h4-9H,3H2,1-2H3,(H2,16,19)(H,17,18). The molecule has 0 saturated carbocycles. The van der Waals surface area contributed by atoms with E-state index in [1.54, 1.807) is 6.20 Å². The lowest BCUT2D eigenvalue weighted by Gasteiger charge is -2.13. The van der Waals surface area contributed by atoms with E-state index in [1.165, 1.54) is 11.1 Å². The van der Waals surface area contributed by atoms with Gasteiger partial charge >= 0.3 is 0 Å². The first-order valence-electron chi connectivity index (χ1n) is 6.23. The van der Waals surface area contributed by atoms with E-state index in [1.807, 2.05) is 12.1 Å². The summed E-state index contributed by atoms with van der Waals surface area (Å²) >= 11 is 4.91. The van der Waals surface area contributed by atoms with Gasteiger partial charge in [0.05, 0.1) is 0 Å². The Hall–Kier alpha value is -1.94. The fourth-order valence-corrected chi connectivity index (χ4v) is 2.06. The highest BCUT2D eigenvalue weighted by atomic mass is 32.1. The van der Waals surface area contributed by atoms with Crippen LogP contribution >= 0.6 is 12.2 Å². The summed E-state index contributed by atoms with van der Waals surface area (Å²) < 4.78 is 0. The van der Waals surface area contributed by atoms with Crippen molar-refractivity contribution in [1.82, 2.24) is 4.98 Å². The van der Waals surface area contributed by atoms with Crippen LogP contribution in [-0.2, 0) is 6.42 Å². The molecule has 4 heteroatoms. The second-order valence-electron chi connectivity index (χ2n) is 4.38. The third kappa shape index (κ3) is 3.09. The number of aromatic nitrogens is 1. The highest BCUT2D eigenvalue weighted by molar-refractivity contribution is 7.80. The van der Waals surface area contributed by atoms with Gasteiger partial charge in [0.15, 0.2) is 0 Å². The fraction of sp³-hybridized carbons (Fsp3) is 0.200. The lowest BCUT2D eigenvalue weighted by Crippen LogP contribution is -2.09. The Morgan fingerprint density at radius 1 is 1.32 bits per heavy atom. The molecule has 0 spiro atoms. The summed E-state index contributed by atoms with van der Waals surface area (Å²) in [6, 6.07) is 10.0. The molecular weight excluding hydrogens is 254 g/mol. The fourth-order valence-electron chi connectivity index (χ4n) is 1.94. The zero-order valence-electron chi connectivity index (χ0n) is 11.1. The number of anilines is 2. The maximum absolute atomic E-state index is 5.56. The number of thiocarbonyl (C=S) groups is 1. The third-order valence-electron chi connectivity index (χ3n) is 3.04. The number of hydrogen-bond donors (Lipinski definition) is 2. The number of benzene rings is 1. The molecule has 1 heterocycles. The Bertz CT molecular complexity index is 591. The Labute approximate surface area is 118 Å². The van der Waals surface area contributed by atoms with E-state index in [2.05, 4.69) is 42.3 Å². The van der Waals surface area contributed by atoms with Crippen LogP contribution in [0.1, 0.15) is 23.6 Å². The number of para-hydroxylation sites is 1. The number of nitrogens with two attached hydrogens (primary N) is 1. The first kappa shape index (κ1) is 13.5. The quantitative estimate of drug-likeness (QED) is 0.837. The summed E-state index contributed by atoms with van der Waals surface area (Å²) in [6.45, 7) is 4.23. The molecule has 0 aliphatic carbocycles. The van der Waals surface area contributed by atoms with E-state index in [4.69, 9.17) is 18.0 Å². The average Bonchev–Trinajstić information content (AvgIpc) is 2.41. The summed E-state index contributed by atoms with van der Waals surface area (Å²) in [5, 5.41) is 3.36. The monoisotopic (exact) mass is 271 g/mol. The highest BCUT2D eigenvalue weighted by Gasteiger charge is 2.05. The number of nitrogens with zero attached hydrogens (tertiary/aromatic N) is 1. The van der Waals surface area contributed by atoms with Crippen molar-refractivity contribution in [2.24, 2.45) is 5.73 Å². The summed E-state index contributed by atoms with van der Waals surface area (Å²) in [5.41, 5.74) is 9.95. The van der Waals surface area contributed by atoms with Crippen LogP contribution in [0.2, 0.25) is 0 Å². The van der Waals surface area contributed by atoms with E-state index >= 15 is 0 Å². The molecule has 1 aromatic heterocycles. The molecule has 0 saturated heterocycles. The second-order valence-corrected chi connectivity index (χ2v) is 4.82. The molecule has 0 aliphatic heterocycles. The van der Waals surface area contributed by atoms with Crippen molar-refractivity contribution in [3.05, 3.63) is 53.2 Å². The smallest absolute Gasteiger partial charge is 0.130 e. The Morgan fingerprint density at radius 3 is 2.68 bits per heavy atom. The van der Waals surface area contributed by atoms with E-state index in [0.29, 0.717) is 4.99 Å². The van der Waals surface area contributed by atoms with Gasteiger partial charge in [0.1, 0.15) is 10.8 Å². The molecule has 0 amide bonds. The van der Waals surface area contributed by atoms with Crippen molar-refractivity contribution in [2.45, 2.75) is 20.3 Å². The molecule has 0 unspecified atom stereocenters. The molecule has 0 fully saturated rings. The lowest BCUT2D eigenvalue weighted by atomic mass is 10.1. The van der Waals surface area contributed by atoms with Crippen molar-refractivity contribution < 1.29 is 0 Å². The summed E-state index contributed by atoms with van der Waals surface area (Å²) in [7, 11) is 0. The van der Waals surface area contributed by atoms with Crippen LogP contribution in [0.3, 0.4) is 0 Å². The number of aryl methyl sites for hydroxylation is 2. The van der Waals surface area contributed by atoms with Gasteiger partial charge in [0, 0.05) is 17.4 Å². The minimum absolute atomic E-state index is 0.365. The maximum Gasteiger partial charge on any atom is 0.130 e. The molecule has 3 N–H and O–H groups in total. The van der Waals surface area contributed by atoms with Gasteiger partial charge in [0.2, 0.25) is 0 Å². The zero-order chi connectivity index (χ0) is 13.8. The number of hydrogen-bond acceptors (Lipinski definition) is 3.